The Morgan fingerprint density at radius 2 is 1.42 bits per heavy atom. The number of hydrogen-bond acceptors (Lipinski definition) is 2. The van der Waals surface area contributed by atoms with E-state index in [0.29, 0.717) is 11.1 Å². The van der Waals surface area contributed by atoms with Crippen LogP contribution in [0, 0.1) is 0 Å². The van der Waals surface area contributed by atoms with E-state index in [1.54, 1.807) is 48.5 Å². The van der Waals surface area contributed by atoms with Gasteiger partial charge in [0.1, 0.15) is 6.04 Å². The number of hydrogen-bond donors (Lipinski definition) is 1. The fourth-order valence-corrected chi connectivity index (χ4v) is 1.90. The van der Waals surface area contributed by atoms with Crippen molar-refractivity contribution in [2.75, 3.05) is 0 Å². The van der Waals surface area contributed by atoms with E-state index in [2.05, 4.69) is 5.32 Å². The van der Waals surface area contributed by atoms with Gasteiger partial charge in [-0.05, 0) is 29.3 Å². The van der Waals surface area contributed by atoms with Crippen molar-refractivity contribution in [1.82, 2.24) is 5.32 Å². The molecule has 2 aromatic rings. The topological polar surface area (TPSA) is 46.2 Å². The summed E-state index contributed by atoms with van der Waals surface area (Å²) in [7, 11) is 0. The Labute approximate surface area is 116 Å². The molecule has 0 aliphatic rings. The second kappa shape index (κ2) is 6.16. The molecule has 19 heavy (non-hydrogen) atoms. The summed E-state index contributed by atoms with van der Waals surface area (Å²) >= 11 is 5.56. The minimum atomic E-state index is -0.837. The molecule has 1 atom stereocenters. The Morgan fingerprint density at radius 3 is 1.95 bits per heavy atom. The van der Waals surface area contributed by atoms with Crippen LogP contribution in [0.3, 0.4) is 0 Å². The van der Waals surface area contributed by atoms with Crippen molar-refractivity contribution in [3.63, 3.8) is 0 Å². The van der Waals surface area contributed by atoms with Gasteiger partial charge < -0.3 is 5.32 Å². The predicted molar refractivity (Wildman–Crippen MR) is 74.0 cm³/mol. The first kappa shape index (κ1) is 13.3. The number of carbonyl (C=O) groups is 2. The maximum absolute atomic E-state index is 12.0. The summed E-state index contributed by atoms with van der Waals surface area (Å²) in [5.41, 5.74) is 1.15. The van der Waals surface area contributed by atoms with Crippen molar-refractivity contribution in [1.29, 1.82) is 0 Å². The molecule has 0 aliphatic heterocycles. The van der Waals surface area contributed by atoms with Crippen molar-refractivity contribution >= 4 is 22.8 Å². The molecule has 1 amide bonds. The summed E-state index contributed by atoms with van der Waals surface area (Å²) in [6, 6.07) is 16.8. The molecule has 3 nitrogen and oxygen atoms in total. The normalized spacial score (nSPS) is 11.6. The summed E-state index contributed by atoms with van der Waals surface area (Å²) in [5.74, 6) is -0.330. The van der Waals surface area contributed by atoms with E-state index in [9.17, 15) is 9.59 Å². The van der Waals surface area contributed by atoms with Crippen LogP contribution in [-0.4, -0.2) is 11.1 Å². The van der Waals surface area contributed by atoms with Gasteiger partial charge in [0, 0.05) is 5.56 Å². The lowest BCUT2D eigenvalue weighted by atomic mass is 10.1. The zero-order valence-electron chi connectivity index (χ0n) is 10.0. The van der Waals surface area contributed by atoms with Gasteiger partial charge in [0.2, 0.25) is 5.24 Å². The number of nitrogens with one attached hydrogen (secondary N) is 1. The van der Waals surface area contributed by atoms with E-state index >= 15 is 0 Å². The minimum absolute atomic E-state index is 0.330. The van der Waals surface area contributed by atoms with Gasteiger partial charge in [-0.25, -0.2) is 0 Å². The fraction of sp³-hybridized carbons (Fsp3) is 0.0667. The molecule has 0 radical (unpaired) electrons. The zero-order chi connectivity index (χ0) is 13.7. The molecular formula is C15H12ClNO2. The lowest BCUT2D eigenvalue weighted by molar-refractivity contribution is -0.113. The van der Waals surface area contributed by atoms with E-state index in [-0.39, 0.29) is 5.91 Å². The van der Waals surface area contributed by atoms with Gasteiger partial charge in [-0.3, -0.25) is 9.59 Å². The summed E-state index contributed by atoms with van der Waals surface area (Å²) in [5, 5.41) is 2.01. The van der Waals surface area contributed by atoms with E-state index in [4.69, 9.17) is 11.6 Å². The molecule has 1 N–H and O–H groups in total. The Hall–Kier alpha value is -2.13. The molecule has 1 unspecified atom stereocenters. The zero-order valence-corrected chi connectivity index (χ0v) is 10.8. The van der Waals surface area contributed by atoms with Gasteiger partial charge in [0.05, 0.1) is 0 Å². The summed E-state index contributed by atoms with van der Waals surface area (Å²) < 4.78 is 0. The van der Waals surface area contributed by atoms with Crippen molar-refractivity contribution in [3.05, 3.63) is 71.8 Å². The van der Waals surface area contributed by atoms with Crippen molar-refractivity contribution in [2.45, 2.75) is 6.04 Å². The van der Waals surface area contributed by atoms with Crippen LogP contribution in [0.5, 0.6) is 0 Å². The average molecular weight is 274 g/mol. The first-order chi connectivity index (χ1) is 9.18. The highest BCUT2D eigenvalue weighted by atomic mass is 35.5. The molecular weight excluding hydrogens is 262 g/mol. The molecule has 4 heteroatoms. The fourth-order valence-electron chi connectivity index (χ4n) is 1.72. The third-order valence-corrected chi connectivity index (χ3v) is 2.89. The third kappa shape index (κ3) is 3.42. The Bertz CT molecular complexity index is 569. The highest BCUT2D eigenvalue weighted by molar-refractivity contribution is 6.64. The Kier molecular flexibility index (Phi) is 4.31. The number of rotatable bonds is 4. The highest BCUT2D eigenvalue weighted by Gasteiger charge is 2.21. The molecule has 96 valence electrons. The van der Waals surface area contributed by atoms with Crippen molar-refractivity contribution < 1.29 is 9.59 Å². The maximum atomic E-state index is 12.0. The number of amides is 1. The molecule has 0 aliphatic carbocycles. The summed E-state index contributed by atoms with van der Waals surface area (Å²) in [6.45, 7) is 0. The van der Waals surface area contributed by atoms with Gasteiger partial charge in [-0.2, -0.15) is 0 Å². The van der Waals surface area contributed by atoms with Crippen molar-refractivity contribution in [2.24, 2.45) is 0 Å². The Morgan fingerprint density at radius 1 is 0.895 bits per heavy atom. The van der Waals surface area contributed by atoms with Crippen molar-refractivity contribution in [3.8, 4) is 0 Å². The van der Waals surface area contributed by atoms with Crippen LogP contribution < -0.4 is 5.32 Å². The average Bonchev–Trinajstić information content (AvgIpc) is 2.46. The van der Waals surface area contributed by atoms with E-state index in [1.807, 2.05) is 12.1 Å². The van der Waals surface area contributed by atoms with Crippen LogP contribution >= 0.6 is 11.6 Å². The van der Waals surface area contributed by atoms with Crippen LogP contribution in [-0.2, 0) is 4.79 Å². The molecule has 0 saturated carbocycles. The summed E-state index contributed by atoms with van der Waals surface area (Å²) in [6.07, 6.45) is 0. The largest absolute Gasteiger partial charge is 0.337 e. The van der Waals surface area contributed by atoms with Crippen LogP contribution in [0.2, 0.25) is 0 Å². The number of halogens is 1. The van der Waals surface area contributed by atoms with Gasteiger partial charge in [-0.15, -0.1) is 0 Å². The van der Waals surface area contributed by atoms with E-state index in [0.717, 1.165) is 0 Å². The van der Waals surface area contributed by atoms with Crippen LogP contribution in [0.1, 0.15) is 22.0 Å². The van der Waals surface area contributed by atoms with Crippen LogP contribution in [0.15, 0.2) is 60.7 Å². The van der Waals surface area contributed by atoms with Gasteiger partial charge in [-0.1, -0.05) is 48.5 Å². The molecule has 0 bridgehead atoms. The molecule has 0 heterocycles. The smallest absolute Gasteiger partial charge is 0.252 e. The number of benzene rings is 2. The standard InChI is InChI=1S/C15H12ClNO2/c16-14(18)13(11-7-3-1-4-8-11)17-15(19)12-9-5-2-6-10-12/h1-10,13H,(H,17,19). The molecule has 0 spiro atoms. The maximum Gasteiger partial charge on any atom is 0.252 e. The quantitative estimate of drug-likeness (QED) is 0.871. The second-order valence-electron chi connectivity index (χ2n) is 3.99. The number of carbonyl (C=O) groups excluding carboxylic acids is 2. The molecule has 2 aromatic carbocycles. The van der Waals surface area contributed by atoms with Crippen LogP contribution in [0.25, 0.3) is 0 Å². The molecule has 0 saturated heterocycles. The third-order valence-electron chi connectivity index (χ3n) is 2.67. The molecule has 0 fully saturated rings. The highest BCUT2D eigenvalue weighted by Crippen LogP contribution is 2.16. The first-order valence-corrected chi connectivity index (χ1v) is 6.16. The molecule has 0 aromatic heterocycles. The summed E-state index contributed by atoms with van der Waals surface area (Å²) in [4.78, 5) is 23.5. The predicted octanol–water partition coefficient (Wildman–Crippen LogP) is 2.92. The lowest BCUT2D eigenvalue weighted by Gasteiger charge is -2.15. The first-order valence-electron chi connectivity index (χ1n) is 5.78. The van der Waals surface area contributed by atoms with Crippen LogP contribution in [0.4, 0.5) is 0 Å². The minimum Gasteiger partial charge on any atom is -0.337 e. The molecule has 2 rings (SSSR count). The van der Waals surface area contributed by atoms with E-state index in [1.165, 1.54) is 0 Å². The van der Waals surface area contributed by atoms with Gasteiger partial charge >= 0.3 is 0 Å². The SMILES string of the molecule is O=C(NC(C(=O)Cl)c1ccccc1)c1ccccc1. The monoisotopic (exact) mass is 273 g/mol. The second-order valence-corrected chi connectivity index (χ2v) is 4.36. The lowest BCUT2D eigenvalue weighted by Crippen LogP contribution is -2.31. The Balaban J connectivity index is 2.19. The van der Waals surface area contributed by atoms with Gasteiger partial charge in [0.15, 0.2) is 0 Å². The van der Waals surface area contributed by atoms with E-state index < -0.39 is 11.3 Å². The van der Waals surface area contributed by atoms with Gasteiger partial charge in [0.25, 0.3) is 5.91 Å².